The molecule has 2 amide bonds. The summed E-state index contributed by atoms with van der Waals surface area (Å²) in [7, 11) is 0. The number of unbranched alkanes of at least 4 members (excludes halogenated alkanes) is 2. The summed E-state index contributed by atoms with van der Waals surface area (Å²) in [4.78, 5) is 27.9. The van der Waals surface area contributed by atoms with Crippen LogP contribution in [0.1, 0.15) is 38.2 Å². The number of aryl methyl sites for hydroxylation is 1. The molecule has 19 heavy (non-hydrogen) atoms. The molecule has 0 bridgehead atoms. The van der Waals surface area contributed by atoms with Gasteiger partial charge in [0.2, 0.25) is 0 Å². The fourth-order valence-electron chi connectivity index (χ4n) is 1.57. The maximum absolute atomic E-state index is 11.6. The molecule has 0 saturated carbocycles. The number of anilines is 1. The molecule has 0 spiro atoms. The molecule has 1 rings (SSSR count). The maximum Gasteiger partial charge on any atom is 0.352 e. The molecule has 0 unspecified atom stereocenters. The van der Waals surface area contributed by atoms with Crippen LogP contribution in [-0.2, 0) is 9.63 Å². The fraction of sp³-hybridized carbons (Fsp3) is 0.429. The number of urea groups is 1. The molecule has 0 aliphatic heterocycles. The van der Waals surface area contributed by atoms with Gasteiger partial charge >= 0.3 is 12.0 Å². The van der Waals surface area contributed by atoms with E-state index in [2.05, 4.69) is 0 Å². The SMILES string of the molecule is CCCCCC(=O)ON(C(N)=O)c1ccc(C)cc1. The van der Waals surface area contributed by atoms with Crippen molar-refractivity contribution in [2.75, 3.05) is 5.06 Å². The predicted octanol–water partition coefficient (Wildman–Crippen LogP) is 2.92. The maximum atomic E-state index is 11.6. The number of carbonyl (C=O) groups excluding carboxylic acids is 2. The second kappa shape index (κ2) is 7.41. The Morgan fingerprint density at radius 1 is 1.21 bits per heavy atom. The van der Waals surface area contributed by atoms with Gasteiger partial charge in [0.25, 0.3) is 0 Å². The Balaban J connectivity index is 2.65. The molecule has 104 valence electrons. The van der Waals surface area contributed by atoms with Crippen LogP contribution in [0.15, 0.2) is 24.3 Å². The van der Waals surface area contributed by atoms with E-state index in [0.717, 1.165) is 29.9 Å². The highest BCUT2D eigenvalue weighted by Gasteiger charge is 2.17. The predicted molar refractivity (Wildman–Crippen MR) is 73.5 cm³/mol. The monoisotopic (exact) mass is 264 g/mol. The number of hydroxylamine groups is 1. The van der Waals surface area contributed by atoms with Crippen molar-refractivity contribution < 1.29 is 14.4 Å². The van der Waals surface area contributed by atoms with Crippen LogP contribution in [0.3, 0.4) is 0 Å². The average molecular weight is 264 g/mol. The number of nitrogens with two attached hydrogens (primary N) is 1. The molecule has 1 aromatic carbocycles. The molecule has 2 N–H and O–H groups in total. The fourth-order valence-corrected chi connectivity index (χ4v) is 1.57. The molecule has 0 aromatic heterocycles. The lowest BCUT2D eigenvalue weighted by Crippen LogP contribution is -2.37. The number of nitrogens with zero attached hydrogens (tertiary/aromatic N) is 1. The topological polar surface area (TPSA) is 72.6 Å². The van der Waals surface area contributed by atoms with E-state index in [1.165, 1.54) is 0 Å². The Morgan fingerprint density at radius 2 is 1.84 bits per heavy atom. The van der Waals surface area contributed by atoms with Gasteiger partial charge < -0.3 is 10.6 Å². The number of carbonyl (C=O) groups is 2. The zero-order valence-electron chi connectivity index (χ0n) is 11.4. The van der Waals surface area contributed by atoms with Crippen LogP contribution in [0.2, 0.25) is 0 Å². The molecule has 0 fully saturated rings. The van der Waals surface area contributed by atoms with Crippen molar-refractivity contribution in [2.45, 2.75) is 39.5 Å². The molecule has 0 heterocycles. The van der Waals surface area contributed by atoms with Gasteiger partial charge in [0.05, 0.1) is 5.69 Å². The van der Waals surface area contributed by atoms with E-state index in [1.807, 2.05) is 26.0 Å². The van der Waals surface area contributed by atoms with Gasteiger partial charge in [0.1, 0.15) is 0 Å². The van der Waals surface area contributed by atoms with E-state index in [4.69, 9.17) is 10.6 Å². The third kappa shape index (κ3) is 4.99. The largest absolute Gasteiger partial charge is 0.352 e. The summed E-state index contributed by atoms with van der Waals surface area (Å²) >= 11 is 0. The molecular weight excluding hydrogens is 244 g/mol. The second-order valence-electron chi connectivity index (χ2n) is 4.39. The Labute approximate surface area is 113 Å². The van der Waals surface area contributed by atoms with Gasteiger partial charge in [-0.25, -0.2) is 9.59 Å². The van der Waals surface area contributed by atoms with E-state index in [9.17, 15) is 9.59 Å². The van der Waals surface area contributed by atoms with Crippen molar-refractivity contribution in [2.24, 2.45) is 5.73 Å². The van der Waals surface area contributed by atoms with Crippen LogP contribution >= 0.6 is 0 Å². The summed E-state index contributed by atoms with van der Waals surface area (Å²) in [5.41, 5.74) is 6.71. The number of primary amides is 1. The number of amides is 2. The first-order chi connectivity index (χ1) is 9.04. The lowest BCUT2D eigenvalue weighted by atomic mass is 10.2. The number of hydrogen-bond donors (Lipinski definition) is 1. The van der Waals surface area contributed by atoms with Gasteiger partial charge in [-0.15, -0.1) is 5.06 Å². The summed E-state index contributed by atoms with van der Waals surface area (Å²) in [6, 6.07) is 6.18. The summed E-state index contributed by atoms with van der Waals surface area (Å²) in [6.07, 6.45) is 3.00. The highest BCUT2D eigenvalue weighted by molar-refractivity contribution is 5.90. The van der Waals surface area contributed by atoms with E-state index < -0.39 is 12.0 Å². The van der Waals surface area contributed by atoms with Gasteiger partial charge in [0.15, 0.2) is 0 Å². The molecule has 5 heteroatoms. The first-order valence-electron chi connectivity index (χ1n) is 6.41. The summed E-state index contributed by atoms with van der Waals surface area (Å²) in [5, 5.41) is 0.827. The lowest BCUT2D eigenvalue weighted by molar-refractivity contribution is -0.144. The lowest BCUT2D eigenvalue weighted by Gasteiger charge is -2.19. The normalized spacial score (nSPS) is 10.0. The van der Waals surface area contributed by atoms with Crippen LogP contribution in [0.5, 0.6) is 0 Å². The van der Waals surface area contributed by atoms with E-state index >= 15 is 0 Å². The molecule has 0 aliphatic carbocycles. The van der Waals surface area contributed by atoms with Crippen LogP contribution in [0, 0.1) is 6.92 Å². The van der Waals surface area contributed by atoms with E-state index in [1.54, 1.807) is 12.1 Å². The Bertz CT molecular complexity index is 429. The summed E-state index contributed by atoms with van der Waals surface area (Å²) in [6.45, 7) is 3.97. The smallest absolute Gasteiger partial charge is 0.349 e. The van der Waals surface area contributed by atoms with Crippen molar-refractivity contribution in [3.05, 3.63) is 29.8 Å². The zero-order chi connectivity index (χ0) is 14.3. The van der Waals surface area contributed by atoms with Gasteiger partial charge in [0, 0.05) is 6.42 Å². The van der Waals surface area contributed by atoms with Gasteiger partial charge in [-0.3, -0.25) is 0 Å². The summed E-state index contributed by atoms with van der Waals surface area (Å²) < 4.78 is 0. The van der Waals surface area contributed by atoms with Gasteiger partial charge in [-0.05, 0) is 25.5 Å². The highest BCUT2D eigenvalue weighted by atomic mass is 16.7. The average Bonchev–Trinajstić information content (AvgIpc) is 2.37. The van der Waals surface area contributed by atoms with Crippen LogP contribution in [-0.4, -0.2) is 12.0 Å². The molecule has 0 radical (unpaired) electrons. The Hall–Kier alpha value is -2.04. The zero-order valence-corrected chi connectivity index (χ0v) is 11.4. The molecule has 0 atom stereocenters. The third-order valence-electron chi connectivity index (χ3n) is 2.65. The minimum Gasteiger partial charge on any atom is -0.349 e. The van der Waals surface area contributed by atoms with Crippen molar-refractivity contribution in [3.8, 4) is 0 Å². The Morgan fingerprint density at radius 3 is 2.37 bits per heavy atom. The summed E-state index contributed by atoms with van der Waals surface area (Å²) in [5.74, 6) is -0.451. The third-order valence-corrected chi connectivity index (χ3v) is 2.65. The van der Waals surface area contributed by atoms with Crippen LogP contribution < -0.4 is 10.8 Å². The van der Waals surface area contributed by atoms with Crippen LogP contribution in [0.4, 0.5) is 10.5 Å². The van der Waals surface area contributed by atoms with E-state index in [0.29, 0.717) is 5.69 Å². The molecule has 1 aromatic rings. The Kier molecular flexibility index (Phi) is 5.85. The number of rotatable bonds is 5. The highest BCUT2D eigenvalue weighted by Crippen LogP contribution is 2.16. The molecular formula is C14H20N2O3. The van der Waals surface area contributed by atoms with Crippen molar-refractivity contribution in [3.63, 3.8) is 0 Å². The molecule has 5 nitrogen and oxygen atoms in total. The minimum atomic E-state index is -0.812. The second-order valence-corrected chi connectivity index (χ2v) is 4.39. The first-order valence-corrected chi connectivity index (χ1v) is 6.41. The van der Waals surface area contributed by atoms with Gasteiger partial charge in [-0.1, -0.05) is 37.5 Å². The molecule has 0 saturated heterocycles. The van der Waals surface area contributed by atoms with Gasteiger partial charge in [-0.2, -0.15) is 0 Å². The quantitative estimate of drug-likeness (QED) is 0.656. The van der Waals surface area contributed by atoms with E-state index in [-0.39, 0.29) is 6.42 Å². The number of hydrogen-bond acceptors (Lipinski definition) is 3. The van der Waals surface area contributed by atoms with Crippen molar-refractivity contribution in [1.29, 1.82) is 0 Å². The standard InChI is InChI=1S/C14H20N2O3/c1-3-4-5-6-13(17)19-16(14(15)18)12-9-7-11(2)8-10-12/h7-10H,3-6H2,1-2H3,(H2,15,18). The van der Waals surface area contributed by atoms with Crippen molar-refractivity contribution >= 4 is 17.7 Å². The van der Waals surface area contributed by atoms with Crippen molar-refractivity contribution in [1.82, 2.24) is 0 Å². The number of benzene rings is 1. The molecule has 0 aliphatic rings. The minimum absolute atomic E-state index is 0.281. The van der Waals surface area contributed by atoms with Crippen LogP contribution in [0.25, 0.3) is 0 Å². The first kappa shape index (κ1) is 15.0.